The van der Waals surface area contributed by atoms with Crippen molar-refractivity contribution in [2.45, 2.75) is 56.5 Å². The number of halogens is 3. The molecule has 1 N–H and O–H groups in total. The van der Waals surface area contributed by atoms with E-state index in [0.29, 0.717) is 31.1 Å². The Morgan fingerprint density at radius 2 is 1.86 bits per heavy atom. The maximum absolute atomic E-state index is 13.6. The molecule has 0 aliphatic carbocycles. The van der Waals surface area contributed by atoms with Gasteiger partial charge in [0.15, 0.2) is 16.8 Å². The highest BCUT2D eigenvalue weighted by atomic mass is 35.5. The molecule has 0 spiro atoms. The molecular formula is C22H22ClF2N3O. The maximum atomic E-state index is 13.6. The molecule has 4 nitrogen and oxygen atoms in total. The third-order valence-electron chi connectivity index (χ3n) is 6.45. The van der Waals surface area contributed by atoms with E-state index < -0.39 is 17.2 Å². The topological polar surface area (TPSA) is 41.3 Å². The van der Waals surface area contributed by atoms with Crippen LogP contribution in [0.4, 0.5) is 8.78 Å². The molecule has 2 atom stereocenters. The third kappa shape index (κ3) is 3.43. The lowest BCUT2D eigenvalue weighted by Gasteiger charge is -2.44. The lowest BCUT2D eigenvalue weighted by Crippen LogP contribution is -2.52. The molecule has 3 aromatic rings. The number of hydrogen-bond donors (Lipinski definition) is 1. The van der Waals surface area contributed by atoms with Gasteiger partial charge in [-0.2, -0.15) is 0 Å². The summed E-state index contributed by atoms with van der Waals surface area (Å²) in [5.41, 5.74) is 0.779. The first-order valence-corrected chi connectivity index (χ1v) is 10.3. The molecule has 2 aliphatic rings. The Bertz CT molecular complexity index is 1060. The molecule has 2 saturated heterocycles. The Morgan fingerprint density at radius 1 is 1.10 bits per heavy atom. The molecule has 0 radical (unpaired) electrons. The lowest BCUT2D eigenvalue weighted by molar-refractivity contribution is -0.0644. The molecule has 5 rings (SSSR count). The Kier molecular flexibility index (Phi) is 4.61. The van der Waals surface area contributed by atoms with Gasteiger partial charge in [0.1, 0.15) is 0 Å². The summed E-state index contributed by atoms with van der Waals surface area (Å²) in [4.78, 5) is 6.50. The molecule has 2 bridgehead atoms. The van der Waals surface area contributed by atoms with Crippen LogP contribution < -0.4 is 0 Å². The fourth-order valence-electron chi connectivity index (χ4n) is 5.20. The van der Waals surface area contributed by atoms with Crippen molar-refractivity contribution in [2.24, 2.45) is 0 Å². The summed E-state index contributed by atoms with van der Waals surface area (Å²) in [6.45, 7) is 1.04. The first-order valence-electron chi connectivity index (χ1n) is 9.93. The summed E-state index contributed by atoms with van der Waals surface area (Å²) in [5.74, 6) is -1.63. The monoisotopic (exact) mass is 417 g/mol. The predicted octanol–water partition coefficient (Wildman–Crippen LogP) is 4.53. The van der Waals surface area contributed by atoms with Crippen molar-refractivity contribution in [2.75, 3.05) is 0 Å². The fraction of sp³-hybridized carbons (Fsp3) is 0.409. The minimum absolute atomic E-state index is 0.224. The van der Waals surface area contributed by atoms with E-state index in [2.05, 4.69) is 9.88 Å². The van der Waals surface area contributed by atoms with Crippen LogP contribution in [0, 0.1) is 11.6 Å². The summed E-state index contributed by atoms with van der Waals surface area (Å²) >= 11 is 6.29. The van der Waals surface area contributed by atoms with E-state index in [9.17, 15) is 13.9 Å². The Labute approximate surface area is 172 Å². The number of fused-ring (bicyclic) bond motifs is 3. The van der Waals surface area contributed by atoms with Crippen molar-refractivity contribution in [3.63, 3.8) is 0 Å². The van der Waals surface area contributed by atoms with Crippen LogP contribution in [0.1, 0.15) is 31.2 Å². The van der Waals surface area contributed by atoms with E-state index >= 15 is 0 Å². The van der Waals surface area contributed by atoms with Gasteiger partial charge in [0.25, 0.3) is 0 Å². The smallest absolute Gasteiger partial charge is 0.159 e. The summed E-state index contributed by atoms with van der Waals surface area (Å²) in [6, 6.07) is 8.44. The van der Waals surface area contributed by atoms with Crippen LogP contribution in [0.3, 0.4) is 0 Å². The number of rotatable bonds is 4. The normalized spacial score (nSPS) is 27.0. The Morgan fingerprint density at radius 3 is 2.59 bits per heavy atom. The zero-order valence-electron chi connectivity index (χ0n) is 15.9. The first-order chi connectivity index (χ1) is 13.9. The van der Waals surface area contributed by atoms with E-state index in [1.165, 1.54) is 12.1 Å². The van der Waals surface area contributed by atoms with Crippen molar-refractivity contribution in [1.29, 1.82) is 0 Å². The number of piperidine rings is 1. The number of aromatic nitrogens is 2. The lowest BCUT2D eigenvalue weighted by atomic mass is 9.85. The number of pyridine rings is 1. The molecule has 1 aromatic carbocycles. The molecule has 7 heteroatoms. The van der Waals surface area contributed by atoms with Gasteiger partial charge in [-0.1, -0.05) is 17.7 Å². The summed E-state index contributed by atoms with van der Waals surface area (Å²) in [6.07, 6.45) is 6.93. The number of aliphatic hydroxyl groups is 1. The van der Waals surface area contributed by atoms with Crippen LogP contribution in [0.25, 0.3) is 10.9 Å². The molecule has 152 valence electrons. The van der Waals surface area contributed by atoms with Crippen LogP contribution in [-0.4, -0.2) is 37.2 Å². The van der Waals surface area contributed by atoms with Gasteiger partial charge >= 0.3 is 0 Å². The molecule has 2 aliphatic heterocycles. The molecule has 0 saturated carbocycles. The first kappa shape index (κ1) is 19.0. The van der Waals surface area contributed by atoms with E-state index in [1.807, 2.05) is 22.9 Å². The molecule has 4 heterocycles. The van der Waals surface area contributed by atoms with Crippen LogP contribution in [-0.2, 0) is 13.1 Å². The highest BCUT2D eigenvalue weighted by molar-refractivity contribution is 6.33. The minimum Gasteiger partial charge on any atom is -0.388 e. The molecule has 2 fully saturated rings. The number of benzene rings is 1. The van der Waals surface area contributed by atoms with Crippen molar-refractivity contribution in [1.82, 2.24) is 14.5 Å². The van der Waals surface area contributed by atoms with Gasteiger partial charge in [-0.3, -0.25) is 4.90 Å². The molecular weight excluding hydrogens is 396 g/mol. The van der Waals surface area contributed by atoms with Gasteiger partial charge < -0.3 is 9.67 Å². The zero-order valence-corrected chi connectivity index (χ0v) is 16.6. The van der Waals surface area contributed by atoms with E-state index in [-0.39, 0.29) is 12.1 Å². The highest BCUT2D eigenvalue weighted by Crippen LogP contribution is 2.43. The van der Waals surface area contributed by atoms with Gasteiger partial charge in [0, 0.05) is 36.4 Å². The second kappa shape index (κ2) is 7.04. The van der Waals surface area contributed by atoms with Crippen molar-refractivity contribution in [3.05, 3.63) is 65.1 Å². The summed E-state index contributed by atoms with van der Waals surface area (Å²) in [5, 5.41) is 12.9. The molecule has 2 unspecified atom stereocenters. The molecule has 0 amide bonds. The van der Waals surface area contributed by atoms with Crippen molar-refractivity contribution < 1.29 is 13.9 Å². The average Bonchev–Trinajstić information content (AvgIpc) is 3.18. The van der Waals surface area contributed by atoms with Crippen molar-refractivity contribution in [3.8, 4) is 0 Å². The van der Waals surface area contributed by atoms with Gasteiger partial charge in [0.05, 0.1) is 17.7 Å². The highest BCUT2D eigenvalue weighted by Gasteiger charge is 2.47. The zero-order chi connectivity index (χ0) is 20.2. The fourth-order valence-corrected chi connectivity index (χ4v) is 5.48. The standard InChI is InChI=1S/C22H22ClF2N3O/c23-21-20-15(5-7-26-21)6-8-27(20)13-22(29)10-16-2-3-17(11-22)28(16)12-14-1-4-18(24)19(25)9-14/h1,4-9,16-17,29H,2-3,10-13H2. The van der Waals surface area contributed by atoms with E-state index in [1.54, 1.807) is 12.3 Å². The number of nitrogens with zero attached hydrogens (tertiary/aromatic N) is 3. The quantitative estimate of drug-likeness (QED) is 0.634. The van der Waals surface area contributed by atoms with Gasteiger partial charge in [-0.25, -0.2) is 13.8 Å². The number of hydrogen-bond acceptors (Lipinski definition) is 3. The predicted molar refractivity (Wildman–Crippen MR) is 108 cm³/mol. The van der Waals surface area contributed by atoms with Crippen LogP contribution in [0.2, 0.25) is 5.15 Å². The van der Waals surface area contributed by atoms with E-state index in [0.717, 1.165) is 29.3 Å². The van der Waals surface area contributed by atoms with Crippen LogP contribution in [0.15, 0.2) is 42.7 Å². The van der Waals surface area contributed by atoms with Crippen molar-refractivity contribution >= 4 is 22.5 Å². The van der Waals surface area contributed by atoms with Gasteiger partial charge in [-0.05, 0) is 55.5 Å². The van der Waals surface area contributed by atoms with Crippen LogP contribution >= 0.6 is 11.6 Å². The van der Waals surface area contributed by atoms with Crippen LogP contribution in [0.5, 0.6) is 0 Å². The third-order valence-corrected chi connectivity index (χ3v) is 6.72. The molecule has 29 heavy (non-hydrogen) atoms. The second-order valence-electron chi connectivity index (χ2n) is 8.42. The average molecular weight is 418 g/mol. The Balaban J connectivity index is 1.35. The second-order valence-corrected chi connectivity index (χ2v) is 8.78. The summed E-state index contributed by atoms with van der Waals surface area (Å²) < 4.78 is 28.8. The Hall–Kier alpha value is -2.02. The maximum Gasteiger partial charge on any atom is 0.159 e. The van der Waals surface area contributed by atoms with E-state index in [4.69, 9.17) is 11.6 Å². The van der Waals surface area contributed by atoms with Gasteiger partial charge in [0.2, 0.25) is 0 Å². The largest absolute Gasteiger partial charge is 0.388 e. The SMILES string of the molecule is OC1(Cn2ccc3ccnc(Cl)c32)CC2CCC(C1)N2Cc1ccc(F)c(F)c1. The summed E-state index contributed by atoms with van der Waals surface area (Å²) in [7, 11) is 0. The minimum atomic E-state index is -0.832. The van der Waals surface area contributed by atoms with Gasteiger partial charge in [-0.15, -0.1) is 0 Å². The molecule has 2 aromatic heterocycles.